The summed E-state index contributed by atoms with van der Waals surface area (Å²) in [6.45, 7) is 1.84. The van der Waals surface area contributed by atoms with Gasteiger partial charge in [0.05, 0.1) is 0 Å². The quantitative estimate of drug-likeness (QED) is 0.507. The van der Waals surface area contributed by atoms with E-state index in [4.69, 9.17) is 4.42 Å². The molecule has 1 aliphatic carbocycles. The topological polar surface area (TPSA) is 30.2 Å². The first kappa shape index (κ1) is 12.2. The molecule has 0 aliphatic heterocycles. The zero-order valence-corrected chi connectivity index (χ0v) is 11.7. The van der Waals surface area contributed by atoms with Crippen molar-refractivity contribution < 1.29 is 9.21 Å². The van der Waals surface area contributed by atoms with Crippen LogP contribution in [-0.4, -0.2) is 5.78 Å². The van der Waals surface area contributed by atoms with Gasteiger partial charge in [0, 0.05) is 5.56 Å². The van der Waals surface area contributed by atoms with E-state index < -0.39 is 0 Å². The zero-order valence-electron chi connectivity index (χ0n) is 11.7. The Kier molecular flexibility index (Phi) is 2.58. The van der Waals surface area contributed by atoms with Crippen molar-refractivity contribution in [3.8, 4) is 11.1 Å². The van der Waals surface area contributed by atoms with Crippen LogP contribution in [0.4, 0.5) is 0 Å². The summed E-state index contributed by atoms with van der Waals surface area (Å²) >= 11 is 0. The first-order chi connectivity index (χ1) is 10.2. The fraction of sp³-hybridized carbons (Fsp3) is 0.105. The maximum absolute atomic E-state index is 12.5. The van der Waals surface area contributed by atoms with Gasteiger partial charge in [0.15, 0.2) is 5.76 Å². The number of carbonyl (C=O) groups is 1. The summed E-state index contributed by atoms with van der Waals surface area (Å²) in [5, 5.41) is 0. The van der Waals surface area contributed by atoms with Gasteiger partial charge in [0.2, 0.25) is 5.78 Å². The Hall–Kier alpha value is -2.61. The van der Waals surface area contributed by atoms with E-state index in [0.717, 1.165) is 12.2 Å². The number of ketones is 1. The summed E-state index contributed by atoms with van der Waals surface area (Å²) in [5.74, 6) is 1.10. The van der Waals surface area contributed by atoms with E-state index in [1.807, 2.05) is 31.2 Å². The molecule has 1 heterocycles. The molecule has 2 aromatic carbocycles. The highest BCUT2D eigenvalue weighted by Crippen LogP contribution is 2.37. The summed E-state index contributed by atoms with van der Waals surface area (Å²) in [6.07, 6.45) is 0.944. The molecule has 0 amide bonds. The number of fused-ring (bicyclic) bond motifs is 3. The van der Waals surface area contributed by atoms with Gasteiger partial charge in [-0.3, -0.25) is 4.79 Å². The van der Waals surface area contributed by atoms with Gasteiger partial charge in [-0.05, 0) is 53.8 Å². The van der Waals surface area contributed by atoms with Crippen LogP contribution in [-0.2, 0) is 6.42 Å². The van der Waals surface area contributed by atoms with Gasteiger partial charge in [0.1, 0.15) is 5.76 Å². The number of hydrogen-bond donors (Lipinski definition) is 0. The van der Waals surface area contributed by atoms with Gasteiger partial charge < -0.3 is 4.42 Å². The van der Waals surface area contributed by atoms with Crippen molar-refractivity contribution in [3.63, 3.8) is 0 Å². The second-order valence-electron chi connectivity index (χ2n) is 5.45. The molecule has 0 saturated heterocycles. The lowest BCUT2D eigenvalue weighted by Crippen LogP contribution is -2.00. The number of furan rings is 1. The van der Waals surface area contributed by atoms with Crippen molar-refractivity contribution in [1.29, 1.82) is 0 Å². The second-order valence-corrected chi connectivity index (χ2v) is 5.45. The standard InChI is InChI=1S/C19H14O2/c1-12-6-9-18(21-12)19(20)15-8-7-14-10-13-4-2-3-5-16(13)17(14)11-15/h2-9,11H,10H2,1H3. The minimum Gasteiger partial charge on any atom is -0.458 e. The predicted molar refractivity (Wildman–Crippen MR) is 81.6 cm³/mol. The van der Waals surface area contributed by atoms with Crippen LogP contribution in [0.3, 0.4) is 0 Å². The van der Waals surface area contributed by atoms with Gasteiger partial charge in [-0.2, -0.15) is 0 Å². The maximum atomic E-state index is 12.5. The van der Waals surface area contributed by atoms with E-state index in [2.05, 4.69) is 24.3 Å². The van der Waals surface area contributed by atoms with Crippen molar-refractivity contribution in [2.24, 2.45) is 0 Å². The van der Waals surface area contributed by atoms with E-state index in [0.29, 0.717) is 11.3 Å². The van der Waals surface area contributed by atoms with Crippen LogP contribution in [0.5, 0.6) is 0 Å². The molecule has 0 spiro atoms. The Balaban J connectivity index is 1.79. The molecule has 0 radical (unpaired) electrons. The summed E-state index contributed by atoms with van der Waals surface area (Å²) in [7, 11) is 0. The van der Waals surface area contributed by atoms with Crippen LogP contribution in [0.2, 0.25) is 0 Å². The summed E-state index contributed by atoms with van der Waals surface area (Å²) in [5.41, 5.74) is 5.69. The van der Waals surface area contributed by atoms with Crippen molar-refractivity contribution in [3.05, 3.63) is 82.8 Å². The highest BCUT2D eigenvalue weighted by atomic mass is 16.3. The highest BCUT2D eigenvalue weighted by molar-refractivity contribution is 6.08. The molecule has 1 aliphatic rings. The monoisotopic (exact) mass is 274 g/mol. The molecule has 0 N–H and O–H groups in total. The van der Waals surface area contributed by atoms with Gasteiger partial charge in [0.25, 0.3) is 0 Å². The van der Waals surface area contributed by atoms with E-state index in [9.17, 15) is 4.79 Å². The van der Waals surface area contributed by atoms with Crippen molar-refractivity contribution in [1.82, 2.24) is 0 Å². The Morgan fingerprint density at radius 2 is 1.76 bits per heavy atom. The van der Waals surface area contributed by atoms with Gasteiger partial charge in [-0.25, -0.2) is 0 Å². The Bertz CT molecular complexity index is 856. The van der Waals surface area contributed by atoms with Gasteiger partial charge in [-0.15, -0.1) is 0 Å². The van der Waals surface area contributed by atoms with Crippen LogP contribution >= 0.6 is 0 Å². The lowest BCUT2D eigenvalue weighted by molar-refractivity contribution is 0.101. The Morgan fingerprint density at radius 3 is 2.57 bits per heavy atom. The first-order valence-electron chi connectivity index (χ1n) is 7.05. The van der Waals surface area contributed by atoms with E-state index in [1.165, 1.54) is 22.3 Å². The van der Waals surface area contributed by atoms with Crippen molar-refractivity contribution >= 4 is 5.78 Å². The average molecular weight is 274 g/mol. The molecule has 1 aromatic heterocycles. The number of rotatable bonds is 2. The third kappa shape index (κ3) is 1.91. The molecule has 0 unspecified atom stereocenters. The van der Waals surface area contributed by atoms with E-state index in [1.54, 1.807) is 6.07 Å². The van der Waals surface area contributed by atoms with Crippen LogP contribution < -0.4 is 0 Å². The number of aryl methyl sites for hydroxylation is 1. The molecule has 2 heteroatoms. The lowest BCUT2D eigenvalue weighted by atomic mass is 10.0. The maximum Gasteiger partial charge on any atom is 0.228 e. The minimum atomic E-state index is -0.0599. The molecular weight excluding hydrogens is 260 g/mol. The number of benzene rings is 2. The van der Waals surface area contributed by atoms with Gasteiger partial charge >= 0.3 is 0 Å². The lowest BCUT2D eigenvalue weighted by Gasteiger charge is -2.04. The van der Waals surface area contributed by atoms with E-state index >= 15 is 0 Å². The molecule has 4 rings (SSSR count). The SMILES string of the molecule is Cc1ccc(C(=O)c2ccc3c(c2)-c2ccccc2C3)o1. The smallest absolute Gasteiger partial charge is 0.228 e. The van der Waals surface area contributed by atoms with E-state index in [-0.39, 0.29) is 5.78 Å². The molecule has 102 valence electrons. The van der Waals surface area contributed by atoms with Crippen LogP contribution in [0.1, 0.15) is 33.0 Å². The van der Waals surface area contributed by atoms with Crippen LogP contribution in [0, 0.1) is 6.92 Å². The molecule has 0 saturated carbocycles. The molecule has 0 atom stereocenters. The molecule has 3 aromatic rings. The summed E-state index contributed by atoms with van der Waals surface area (Å²) in [6, 6.07) is 17.8. The predicted octanol–water partition coefficient (Wildman–Crippen LogP) is 4.39. The Labute approximate surface area is 123 Å². The fourth-order valence-corrected chi connectivity index (χ4v) is 2.96. The Morgan fingerprint density at radius 1 is 0.952 bits per heavy atom. The molecule has 0 bridgehead atoms. The zero-order chi connectivity index (χ0) is 14.4. The minimum absolute atomic E-state index is 0.0599. The van der Waals surface area contributed by atoms with Gasteiger partial charge in [-0.1, -0.05) is 36.4 Å². The third-order valence-corrected chi connectivity index (χ3v) is 4.02. The normalized spacial score (nSPS) is 12.0. The molecular formula is C19H14O2. The van der Waals surface area contributed by atoms with Crippen molar-refractivity contribution in [2.75, 3.05) is 0 Å². The van der Waals surface area contributed by atoms with Crippen LogP contribution in [0.15, 0.2) is 59.0 Å². The number of carbonyl (C=O) groups excluding carboxylic acids is 1. The molecule has 0 fully saturated rings. The fourth-order valence-electron chi connectivity index (χ4n) is 2.96. The molecule has 2 nitrogen and oxygen atoms in total. The summed E-state index contributed by atoms with van der Waals surface area (Å²) < 4.78 is 5.44. The second kappa shape index (κ2) is 4.45. The summed E-state index contributed by atoms with van der Waals surface area (Å²) in [4.78, 5) is 12.5. The largest absolute Gasteiger partial charge is 0.458 e. The highest BCUT2D eigenvalue weighted by Gasteiger charge is 2.20. The first-order valence-corrected chi connectivity index (χ1v) is 7.05. The van der Waals surface area contributed by atoms with Crippen LogP contribution in [0.25, 0.3) is 11.1 Å². The number of hydrogen-bond acceptors (Lipinski definition) is 2. The average Bonchev–Trinajstić information content (AvgIpc) is 3.09. The molecule has 21 heavy (non-hydrogen) atoms. The third-order valence-electron chi connectivity index (χ3n) is 4.02. The van der Waals surface area contributed by atoms with Crippen molar-refractivity contribution in [2.45, 2.75) is 13.3 Å².